The molecule has 192 valence electrons. The summed E-state index contributed by atoms with van der Waals surface area (Å²) in [5.41, 5.74) is 2.99. The van der Waals surface area contributed by atoms with Crippen molar-refractivity contribution in [1.82, 2.24) is 9.88 Å². The van der Waals surface area contributed by atoms with E-state index in [1.54, 1.807) is 23.2 Å². The third-order valence-corrected chi connectivity index (χ3v) is 8.62. The van der Waals surface area contributed by atoms with E-state index in [1.165, 1.54) is 11.3 Å². The maximum atomic E-state index is 13.0. The largest absolute Gasteiger partial charge is 0.484 e. The van der Waals surface area contributed by atoms with E-state index in [9.17, 15) is 9.59 Å². The third-order valence-electron chi connectivity index (χ3n) is 6.43. The normalized spacial score (nSPS) is 12.9. The summed E-state index contributed by atoms with van der Waals surface area (Å²) < 4.78 is 12.1. The second kappa shape index (κ2) is 10.4. The zero-order valence-electron chi connectivity index (χ0n) is 20.7. The van der Waals surface area contributed by atoms with E-state index in [2.05, 4.69) is 5.32 Å². The van der Waals surface area contributed by atoms with E-state index in [4.69, 9.17) is 14.5 Å². The summed E-state index contributed by atoms with van der Waals surface area (Å²) in [7, 11) is 0. The molecular formula is C29H25N3O4S2. The van der Waals surface area contributed by atoms with Crippen LogP contribution in [0.25, 0.3) is 31.6 Å². The smallest absolute Gasteiger partial charge is 0.410 e. The first kappa shape index (κ1) is 24.4. The van der Waals surface area contributed by atoms with E-state index in [0.717, 1.165) is 47.0 Å². The molecule has 0 saturated heterocycles. The van der Waals surface area contributed by atoms with Crippen molar-refractivity contribution in [2.75, 3.05) is 25.1 Å². The lowest BCUT2D eigenvalue weighted by Gasteiger charge is -2.26. The van der Waals surface area contributed by atoms with Crippen LogP contribution in [-0.2, 0) is 22.5 Å². The topological polar surface area (TPSA) is 80.8 Å². The zero-order valence-corrected chi connectivity index (χ0v) is 22.4. The van der Waals surface area contributed by atoms with E-state index in [1.807, 2.05) is 66.7 Å². The van der Waals surface area contributed by atoms with Crippen molar-refractivity contribution in [3.63, 3.8) is 0 Å². The van der Waals surface area contributed by atoms with Gasteiger partial charge in [-0.3, -0.25) is 4.79 Å². The summed E-state index contributed by atoms with van der Waals surface area (Å²) in [5, 5.41) is 6.84. The van der Waals surface area contributed by atoms with Crippen LogP contribution in [0.1, 0.15) is 17.4 Å². The number of aromatic nitrogens is 1. The molecule has 2 amide bonds. The number of nitrogens with one attached hydrogen (secondary N) is 1. The predicted octanol–water partition coefficient (Wildman–Crippen LogP) is 6.71. The fourth-order valence-corrected chi connectivity index (χ4v) is 7.03. The molecule has 1 N–H and O–H groups in total. The minimum atomic E-state index is -0.317. The number of fused-ring (bicyclic) bond motifs is 3. The van der Waals surface area contributed by atoms with Crippen LogP contribution in [-0.4, -0.2) is 41.6 Å². The molecule has 7 nitrogen and oxygen atoms in total. The Hall–Kier alpha value is -3.95. The molecule has 0 spiro atoms. The summed E-state index contributed by atoms with van der Waals surface area (Å²) in [6.45, 7) is 3.02. The molecule has 1 aliphatic heterocycles. The number of anilines is 1. The molecule has 3 aromatic carbocycles. The highest BCUT2D eigenvalue weighted by Crippen LogP contribution is 2.45. The van der Waals surface area contributed by atoms with Gasteiger partial charge in [-0.15, -0.1) is 22.7 Å². The Bertz CT molecular complexity index is 1630. The fraction of sp³-hybridized carbons (Fsp3) is 0.207. The summed E-state index contributed by atoms with van der Waals surface area (Å²) >= 11 is 3.09. The van der Waals surface area contributed by atoms with Gasteiger partial charge in [-0.05, 0) is 53.9 Å². The molecule has 2 aromatic heterocycles. The van der Waals surface area contributed by atoms with Crippen molar-refractivity contribution in [2.45, 2.75) is 19.9 Å². The Morgan fingerprint density at radius 3 is 2.68 bits per heavy atom. The predicted molar refractivity (Wildman–Crippen MR) is 152 cm³/mol. The Labute approximate surface area is 227 Å². The maximum absolute atomic E-state index is 13.0. The number of nitrogens with zero attached hydrogens (tertiary/aromatic N) is 2. The SMILES string of the molecule is CCOC(=O)N1CCc2c(sc(NC(=O)COc3ccc4ccccc4c3)c2-c2nc3ccccc3s2)C1. The van der Waals surface area contributed by atoms with Gasteiger partial charge in [0.1, 0.15) is 15.8 Å². The number of carbonyl (C=O) groups excluding carboxylic acids is 2. The van der Waals surface area contributed by atoms with Crippen molar-refractivity contribution < 1.29 is 19.1 Å². The van der Waals surface area contributed by atoms with Gasteiger partial charge in [-0.25, -0.2) is 9.78 Å². The van der Waals surface area contributed by atoms with E-state index in [-0.39, 0.29) is 18.6 Å². The lowest BCUT2D eigenvalue weighted by Crippen LogP contribution is -2.35. The van der Waals surface area contributed by atoms with Gasteiger partial charge in [-0.1, -0.05) is 42.5 Å². The first-order valence-electron chi connectivity index (χ1n) is 12.4. The summed E-state index contributed by atoms with van der Waals surface area (Å²) in [4.78, 5) is 33.0. The molecule has 0 aliphatic carbocycles. The molecule has 5 aromatic rings. The number of rotatable bonds is 6. The molecule has 0 radical (unpaired) electrons. The van der Waals surface area contributed by atoms with Gasteiger partial charge in [0.05, 0.1) is 23.4 Å². The average molecular weight is 544 g/mol. The average Bonchev–Trinajstić information content (AvgIpc) is 3.52. The second-order valence-corrected chi connectivity index (χ2v) is 11.0. The molecule has 0 fully saturated rings. The van der Waals surface area contributed by atoms with Crippen molar-refractivity contribution >= 4 is 60.7 Å². The van der Waals surface area contributed by atoms with Crippen molar-refractivity contribution in [3.05, 3.63) is 77.2 Å². The van der Waals surface area contributed by atoms with Gasteiger partial charge >= 0.3 is 6.09 Å². The summed E-state index contributed by atoms with van der Waals surface area (Å²) in [5.74, 6) is 0.391. The van der Waals surface area contributed by atoms with Gasteiger partial charge in [-0.2, -0.15) is 0 Å². The number of thiophene rings is 1. The highest BCUT2D eigenvalue weighted by atomic mass is 32.1. The van der Waals surface area contributed by atoms with Gasteiger partial charge in [0.2, 0.25) is 0 Å². The first-order chi connectivity index (χ1) is 18.6. The second-order valence-electron chi connectivity index (χ2n) is 8.91. The summed E-state index contributed by atoms with van der Waals surface area (Å²) in [6.07, 6.45) is 0.349. The first-order valence-corrected chi connectivity index (χ1v) is 14.1. The number of benzene rings is 3. The Morgan fingerprint density at radius 1 is 1.03 bits per heavy atom. The lowest BCUT2D eigenvalue weighted by atomic mass is 10.0. The molecule has 38 heavy (non-hydrogen) atoms. The number of amides is 2. The van der Waals surface area contributed by atoms with Crippen LogP contribution >= 0.6 is 22.7 Å². The van der Waals surface area contributed by atoms with Crippen LogP contribution in [0.15, 0.2) is 66.7 Å². The maximum Gasteiger partial charge on any atom is 0.410 e. The van der Waals surface area contributed by atoms with E-state index in [0.29, 0.717) is 31.9 Å². The quantitative estimate of drug-likeness (QED) is 0.257. The molecule has 9 heteroatoms. The summed E-state index contributed by atoms with van der Waals surface area (Å²) in [6, 6.07) is 21.8. The Kier molecular flexibility index (Phi) is 6.70. The van der Waals surface area contributed by atoms with Crippen molar-refractivity contribution in [1.29, 1.82) is 0 Å². The number of hydrogen-bond donors (Lipinski definition) is 1. The highest BCUT2D eigenvalue weighted by Gasteiger charge is 2.30. The molecule has 0 atom stereocenters. The van der Waals surface area contributed by atoms with Gasteiger partial charge in [0, 0.05) is 17.0 Å². The van der Waals surface area contributed by atoms with Crippen LogP contribution in [0.4, 0.5) is 9.80 Å². The van der Waals surface area contributed by atoms with Crippen LogP contribution in [0.2, 0.25) is 0 Å². The Morgan fingerprint density at radius 2 is 1.84 bits per heavy atom. The molecule has 0 unspecified atom stereocenters. The number of thiazole rings is 1. The molecular weight excluding hydrogens is 518 g/mol. The molecule has 6 rings (SSSR count). The van der Waals surface area contributed by atoms with Gasteiger partial charge in [0.15, 0.2) is 6.61 Å². The molecule has 3 heterocycles. The number of carbonyl (C=O) groups is 2. The Balaban J connectivity index is 1.27. The number of ether oxygens (including phenoxy) is 2. The van der Waals surface area contributed by atoms with Crippen LogP contribution in [0.3, 0.4) is 0 Å². The fourth-order valence-electron chi connectivity index (χ4n) is 4.64. The standard InChI is InChI=1S/C29H25N3O4S2/c1-2-35-29(34)32-14-13-21-24(16-32)38-28(26(21)27-30-22-9-5-6-10-23(22)37-27)31-25(33)17-36-20-12-11-18-7-3-4-8-19(18)15-20/h3-12,15H,2,13-14,16-17H2,1H3,(H,31,33). The van der Waals surface area contributed by atoms with Crippen molar-refractivity contribution in [3.8, 4) is 16.3 Å². The van der Waals surface area contributed by atoms with Gasteiger partial charge < -0.3 is 19.7 Å². The molecule has 1 aliphatic rings. The highest BCUT2D eigenvalue weighted by molar-refractivity contribution is 7.23. The number of para-hydroxylation sites is 1. The van der Waals surface area contributed by atoms with Crippen molar-refractivity contribution in [2.24, 2.45) is 0 Å². The molecule has 0 saturated carbocycles. The van der Waals surface area contributed by atoms with E-state index >= 15 is 0 Å². The van der Waals surface area contributed by atoms with Crippen LogP contribution < -0.4 is 10.1 Å². The van der Waals surface area contributed by atoms with E-state index < -0.39 is 0 Å². The zero-order chi connectivity index (χ0) is 26.1. The third kappa shape index (κ3) is 4.82. The number of hydrogen-bond acceptors (Lipinski definition) is 7. The van der Waals surface area contributed by atoms with Gasteiger partial charge in [0.25, 0.3) is 5.91 Å². The minimum absolute atomic E-state index is 0.116. The monoisotopic (exact) mass is 543 g/mol. The lowest BCUT2D eigenvalue weighted by molar-refractivity contribution is -0.118. The van der Waals surface area contributed by atoms with Crippen LogP contribution in [0.5, 0.6) is 5.75 Å². The molecule has 0 bridgehead atoms. The minimum Gasteiger partial charge on any atom is -0.484 e. The van der Waals surface area contributed by atoms with Crippen LogP contribution in [0, 0.1) is 0 Å².